The van der Waals surface area contributed by atoms with Gasteiger partial charge in [0.25, 0.3) is 5.56 Å². The number of aromatic amines is 1. The van der Waals surface area contributed by atoms with E-state index in [4.69, 9.17) is 0 Å². The number of aromatic nitrogens is 2. The summed E-state index contributed by atoms with van der Waals surface area (Å²) in [6.07, 6.45) is 14.2. The molecule has 1 heterocycles. The van der Waals surface area contributed by atoms with Crippen molar-refractivity contribution in [3.63, 3.8) is 0 Å². The first-order valence-corrected chi connectivity index (χ1v) is 8.61. The van der Waals surface area contributed by atoms with E-state index in [1.54, 1.807) is 0 Å². The highest BCUT2D eigenvalue weighted by atomic mass is 16.1. The molecule has 0 fully saturated rings. The minimum absolute atomic E-state index is 0.0859. The Hall–Kier alpha value is -2.87. The number of hydrogen-bond acceptors (Lipinski definition) is 4. The van der Waals surface area contributed by atoms with Gasteiger partial charge in [0, 0.05) is 5.70 Å². The van der Waals surface area contributed by atoms with Gasteiger partial charge in [-0.15, -0.1) is 0 Å². The summed E-state index contributed by atoms with van der Waals surface area (Å²) < 4.78 is 0. The Morgan fingerprint density at radius 2 is 2.24 bits per heavy atom. The molecule has 1 aromatic rings. The maximum absolute atomic E-state index is 12.3. The average molecular weight is 334 g/mol. The van der Waals surface area contributed by atoms with Gasteiger partial charge in [0.2, 0.25) is 0 Å². The molecule has 0 bridgehead atoms. The number of rotatable bonds is 4. The fourth-order valence-corrected chi connectivity index (χ4v) is 3.02. The van der Waals surface area contributed by atoms with Gasteiger partial charge >= 0.3 is 0 Å². The average Bonchev–Trinajstić information content (AvgIpc) is 2.61. The van der Waals surface area contributed by atoms with Crippen molar-refractivity contribution in [1.82, 2.24) is 15.3 Å². The number of nitrogens with one attached hydrogen (secondary N) is 2. The molecular weight excluding hydrogens is 312 g/mol. The maximum atomic E-state index is 12.3. The van der Waals surface area contributed by atoms with Crippen molar-refractivity contribution in [1.29, 1.82) is 5.26 Å². The van der Waals surface area contributed by atoms with Crippen LogP contribution in [-0.4, -0.2) is 9.97 Å². The van der Waals surface area contributed by atoms with Crippen molar-refractivity contribution in [3.8, 4) is 6.07 Å². The van der Waals surface area contributed by atoms with Crippen LogP contribution in [0.3, 0.4) is 0 Å². The molecule has 3 rings (SSSR count). The smallest absolute Gasteiger partial charge is 0.269 e. The lowest BCUT2D eigenvalue weighted by Crippen LogP contribution is -2.23. The summed E-state index contributed by atoms with van der Waals surface area (Å²) in [6.45, 7) is 4.66. The second kappa shape index (κ2) is 7.35. The highest BCUT2D eigenvalue weighted by Crippen LogP contribution is 2.29. The fourth-order valence-electron chi connectivity index (χ4n) is 3.02. The van der Waals surface area contributed by atoms with Crippen LogP contribution in [-0.2, 0) is 6.54 Å². The van der Waals surface area contributed by atoms with E-state index in [-0.39, 0.29) is 17.0 Å². The van der Waals surface area contributed by atoms with Crippen LogP contribution in [0.1, 0.15) is 43.8 Å². The maximum Gasteiger partial charge on any atom is 0.269 e. The monoisotopic (exact) mass is 334 g/mol. The molecule has 0 radical (unpaired) electrons. The molecule has 2 aliphatic rings. The summed E-state index contributed by atoms with van der Waals surface area (Å²) >= 11 is 0. The van der Waals surface area contributed by atoms with Crippen LogP contribution in [0, 0.1) is 23.2 Å². The Morgan fingerprint density at radius 3 is 2.92 bits per heavy atom. The van der Waals surface area contributed by atoms with E-state index in [0.717, 1.165) is 24.1 Å². The van der Waals surface area contributed by atoms with Gasteiger partial charge in [-0.1, -0.05) is 44.2 Å². The van der Waals surface area contributed by atoms with Gasteiger partial charge in [-0.05, 0) is 36.3 Å². The molecule has 0 saturated heterocycles. The van der Waals surface area contributed by atoms with Crippen molar-refractivity contribution >= 4 is 5.57 Å². The predicted molar refractivity (Wildman–Crippen MR) is 98.3 cm³/mol. The van der Waals surface area contributed by atoms with Gasteiger partial charge in [-0.25, -0.2) is 4.98 Å². The molecule has 2 atom stereocenters. The molecule has 0 spiro atoms. The topological polar surface area (TPSA) is 81.6 Å². The Labute approximate surface area is 147 Å². The molecule has 2 aliphatic carbocycles. The van der Waals surface area contributed by atoms with E-state index in [2.05, 4.69) is 47.4 Å². The molecular formula is C20H22N4O. The molecule has 0 amide bonds. The van der Waals surface area contributed by atoms with Crippen molar-refractivity contribution < 1.29 is 0 Å². The zero-order chi connectivity index (χ0) is 17.8. The summed E-state index contributed by atoms with van der Waals surface area (Å²) in [7, 11) is 0. The predicted octanol–water partition coefficient (Wildman–Crippen LogP) is 3.19. The Kier molecular flexibility index (Phi) is 4.99. The molecule has 5 heteroatoms. The summed E-state index contributed by atoms with van der Waals surface area (Å²) in [4.78, 5) is 19.6. The lowest BCUT2D eigenvalue weighted by Gasteiger charge is -2.18. The van der Waals surface area contributed by atoms with Gasteiger partial charge in [-0.2, -0.15) is 5.26 Å². The number of nitriles is 1. The van der Waals surface area contributed by atoms with Crippen LogP contribution in [0.4, 0.5) is 0 Å². The summed E-state index contributed by atoms with van der Waals surface area (Å²) in [5.74, 6) is 1.32. The third-order valence-corrected chi connectivity index (χ3v) is 4.56. The Morgan fingerprint density at radius 1 is 1.40 bits per heavy atom. The standard InChI is InChI=1S/C20H22N4O/c1-13-7-9-15(10-8-13)22-12-18-23-19(17(11-21)20(25)24-18)16-6-4-3-5-14(16)2/h3-4,6-7,9-10,13-14,22H,5,8,12H2,1-2H3,(H,23,24,25). The highest BCUT2D eigenvalue weighted by Gasteiger charge is 2.20. The SMILES string of the molecule is CC1C=CC(NCc2nc(C3=CC=CCC3C)c(C#N)c(=O)[nH]2)=CC1. The van der Waals surface area contributed by atoms with Crippen LogP contribution < -0.4 is 10.9 Å². The Balaban J connectivity index is 1.88. The molecule has 0 aromatic carbocycles. The van der Waals surface area contributed by atoms with Crippen molar-refractivity contribution in [3.05, 3.63) is 69.6 Å². The number of allylic oxidation sites excluding steroid dienone is 7. The van der Waals surface area contributed by atoms with Crippen LogP contribution in [0.15, 0.2) is 46.9 Å². The number of hydrogen-bond donors (Lipinski definition) is 2. The van der Waals surface area contributed by atoms with E-state index in [1.165, 1.54) is 0 Å². The third kappa shape index (κ3) is 3.80. The second-order valence-corrected chi connectivity index (χ2v) is 6.62. The largest absolute Gasteiger partial charge is 0.378 e. The molecule has 1 aromatic heterocycles. The van der Waals surface area contributed by atoms with Gasteiger partial charge in [0.05, 0.1) is 12.2 Å². The molecule has 25 heavy (non-hydrogen) atoms. The van der Waals surface area contributed by atoms with Crippen molar-refractivity contribution in [2.75, 3.05) is 0 Å². The van der Waals surface area contributed by atoms with E-state index in [1.807, 2.05) is 24.3 Å². The fraction of sp³-hybridized carbons (Fsp3) is 0.350. The molecule has 2 unspecified atom stereocenters. The summed E-state index contributed by atoms with van der Waals surface area (Å²) in [5.41, 5.74) is 2.18. The zero-order valence-corrected chi connectivity index (χ0v) is 14.5. The summed E-state index contributed by atoms with van der Waals surface area (Å²) in [5, 5.41) is 12.7. The van der Waals surface area contributed by atoms with Crippen LogP contribution in [0.25, 0.3) is 5.57 Å². The van der Waals surface area contributed by atoms with E-state index < -0.39 is 0 Å². The quantitative estimate of drug-likeness (QED) is 0.886. The van der Waals surface area contributed by atoms with Gasteiger partial charge in [0.15, 0.2) is 0 Å². The van der Waals surface area contributed by atoms with Crippen molar-refractivity contribution in [2.24, 2.45) is 11.8 Å². The minimum atomic E-state index is -0.381. The minimum Gasteiger partial charge on any atom is -0.378 e. The van der Waals surface area contributed by atoms with Gasteiger partial charge in [0.1, 0.15) is 17.5 Å². The second-order valence-electron chi connectivity index (χ2n) is 6.62. The highest BCUT2D eigenvalue weighted by molar-refractivity contribution is 5.71. The van der Waals surface area contributed by atoms with E-state index in [9.17, 15) is 10.1 Å². The zero-order valence-electron chi connectivity index (χ0n) is 14.5. The third-order valence-electron chi connectivity index (χ3n) is 4.56. The van der Waals surface area contributed by atoms with E-state index >= 15 is 0 Å². The first kappa shape index (κ1) is 17.0. The van der Waals surface area contributed by atoms with Gasteiger partial charge in [-0.3, -0.25) is 4.79 Å². The van der Waals surface area contributed by atoms with E-state index in [0.29, 0.717) is 24.0 Å². The van der Waals surface area contributed by atoms with Crippen molar-refractivity contribution in [2.45, 2.75) is 33.2 Å². The number of H-pyrrole nitrogens is 1. The lowest BCUT2D eigenvalue weighted by atomic mass is 9.89. The van der Waals surface area contributed by atoms with Crippen LogP contribution >= 0.6 is 0 Å². The molecule has 0 saturated carbocycles. The molecule has 0 aliphatic heterocycles. The van der Waals surface area contributed by atoms with Crippen LogP contribution in [0.2, 0.25) is 0 Å². The first-order chi connectivity index (χ1) is 12.1. The molecule has 128 valence electrons. The number of nitrogens with zero attached hydrogens (tertiary/aromatic N) is 2. The molecule has 2 N–H and O–H groups in total. The Bertz CT molecular complexity index is 880. The van der Waals surface area contributed by atoms with Crippen LogP contribution in [0.5, 0.6) is 0 Å². The molecule has 5 nitrogen and oxygen atoms in total. The normalized spacial score (nSPS) is 22.1. The van der Waals surface area contributed by atoms with Gasteiger partial charge < -0.3 is 10.3 Å². The lowest BCUT2D eigenvalue weighted by molar-refractivity contribution is 0.696. The first-order valence-electron chi connectivity index (χ1n) is 8.61. The summed E-state index contributed by atoms with van der Waals surface area (Å²) in [6, 6.07) is 2.01.